The minimum absolute atomic E-state index is 0.258. The van der Waals surface area contributed by atoms with Gasteiger partial charge >= 0.3 is 0 Å². The molecule has 102 valence electrons. The second-order valence-corrected chi connectivity index (χ2v) is 6.08. The van der Waals surface area contributed by atoms with Crippen LogP contribution in [0.3, 0.4) is 0 Å². The largest absolute Gasteiger partial charge is 0.367 e. The van der Waals surface area contributed by atoms with Crippen LogP contribution in [-0.4, -0.2) is 38.1 Å². The summed E-state index contributed by atoms with van der Waals surface area (Å²) in [6, 6.07) is 5.76. The fourth-order valence-electron chi connectivity index (χ4n) is 2.69. The first-order chi connectivity index (χ1) is 8.95. The van der Waals surface area contributed by atoms with Gasteiger partial charge in [-0.3, -0.25) is 0 Å². The predicted molar refractivity (Wildman–Crippen MR) is 77.7 cm³/mol. The predicted octanol–water partition coefficient (Wildman–Crippen LogP) is 2.85. The van der Waals surface area contributed by atoms with Crippen molar-refractivity contribution in [3.05, 3.63) is 28.0 Å². The first-order valence-corrected chi connectivity index (χ1v) is 7.04. The lowest BCUT2D eigenvalue weighted by Gasteiger charge is -2.23. The summed E-state index contributed by atoms with van der Waals surface area (Å²) in [7, 11) is 4.10. The van der Waals surface area contributed by atoms with E-state index in [2.05, 4.69) is 46.7 Å². The molecule has 2 rings (SSSR count). The van der Waals surface area contributed by atoms with E-state index in [-0.39, 0.29) is 10.3 Å². The molecule has 1 aromatic rings. The highest BCUT2D eigenvalue weighted by atomic mass is 79.9. The molecular formula is C14H17BrFN3. The van der Waals surface area contributed by atoms with Crippen LogP contribution >= 0.6 is 15.9 Å². The number of hydrogen-bond acceptors (Lipinski definition) is 3. The van der Waals surface area contributed by atoms with Crippen LogP contribution in [0.2, 0.25) is 0 Å². The zero-order chi connectivity index (χ0) is 14.2. The van der Waals surface area contributed by atoms with Gasteiger partial charge in [0.2, 0.25) is 0 Å². The summed E-state index contributed by atoms with van der Waals surface area (Å²) in [4.78, 5) is 4.23. The first kappa shape index (κ1) is 14.3. The van der Waals surface area contributed by atoms with E-state index in [9.17, 15) is 4.39 Å². The molecule has 0 aromatic heterocycles. The number of nitriles is 1. The molecule has 0 spiro atoms. The lowest BCUT2D eigenvalue weighted by molar-refractivity contribution is 0.266. The molecule has 19 heavy (non-hydrogen) atoms. The molecule has 1 heterocycles. The highest BCUT2D eigenvalue weighted by molar-refractivity contribution is 9.10. The number of hydrogen-bond donors (Lipinski definition) is 0. The number of anilines is 1. The van der Waals surface area contributed by atoms with Crippen molar-refractivity contribution in [2.45, 2.75) is 13.0 Å². The number of likely N-dealkylation sites (N-methyl/N-ethyl adjacent to an activating group) is 1. The van der Waals surface area contributed by atoms with Crippen molar-refractivity contribution in [1.29, 1.82) is 5.26 Å². The molecule has 1 saturated heterocycles. The van der Waals surface area contributed by atoms with E-state index in [1.807, 2.05) is 6.07 Å². The van der Waals surface area contributed by atoms with Crippen molar-refractivity contribution in [3.63, 3.8) is 0 Å². The van der Waals surface area contributed by atoms with Gasteiger partial charge in [-0.25, -0.2) is 4.39 Å². The molecule has 2 atom stereocenters. The third kappa shape index (κ3) is 2.60. The van der Waals surface area contributed by atoms with Gasteiger partial charge in [0.25, 0.3) is 0 Å². The summed E-state index contributed by atoms with van der Waals surface area (Å²) in [6.07, 6.45) is 0. The zero-order valence-corrected chi connectivity index (χ0v) is 12.9. The van der Waals surface area contributed by atoms with E-state index in [1.165, 1.54) is 0 Å². The van der Waals surface area contributed by atoms with Crippen LogP contribution in [0.1, 0.15) is 12.5 Å². The molecule has 2 unspecified atom stereocenters. The highest BCUT2D eigenvalue weighted by Gasteiger charge is 2.32. The van der Waals surface area contributed by atoms with Crippen LogP contribution in [0.25, 0.3) is 0 Å². The van der Waals surface area contributed by atoms with Crippen LogP contribution in [0.5, 0.6) is 0 Å². The monoisotopic (exact) mass is 325 g/mol. The van der Waals surface area contributed by atoms with Crippen molar-refractivity contribution in [2.75, 3.05) is 32.1 Å². The lowest BCUT2D eigenvalue weighted by atomic mass is 10.1. The van der Waals surface area contributed by atoms with Gasteiger partial charge in [-0.05, 0) is 48.1 Å². The Hall–Kier alpha value is -1.12. The first-order valence-electron chi connectivity index (χ1n) is 6.25. The van der Waals surface area contributed by atoms with Crippen LogP contribution in [-0.2, 0) is 0 Å². The molecule has 0 bridgehead atoms. The summed E-state index contributed by atoms with van der Waals surface area (Å²) in [5, 5.41) is 8.89. The Morgan fingerprint density at radius 3 is 2.63 bits per heavy atom. The van der Waals surface area contributed by atoms with E-state index >= 15 is 0 Å². The average Bonchev–Trinajstić information content (AvgIpc) is 2.74. The quantitative estimate of drug-likeness (QED) is 0.837. The Bertz CT molecular complexity index is 524. The highest BCUT2D eigenvalue weighted by Crippen LogP contribution is 2.33. The third-order valence-electron chi connectivity index (χ3n) is 3.76. The van der Waals surface area contributed by atoms with Gasteiger partial charge in [0.1, 0.15) is 6.07 Å². The van der Waals surface area contributed by atoms with Gasteiger partial charge < -0.3 is 9.80 Å². The van der Waals surface area contributed by atoms with Crippen molar-refractivity contribution in [3.8, 4) is 6.07 Å². The maximum atomic E-state index is 14.3. The lowest BCUT2D eigenvalue weighted by Crippen LogP contribution is -2.34. The molecule has 0 N–H and O–H groups in total. The minimum Gasteiger partial charge on any atom is -0.367 e. The molecule has 1 fully saturated rings. The van der Waals surface area contributed by atoms with Gasteiger partial charge in [0.15, 0.2) is 5.82 Å². The summed E-state index contributed by atoms with van der Waals surface area (Å²) < 4.78 is 14.6. The second kappa shape index (κ2) is 5.48. The Morgan fingerprint density at radius 1 is 1.42 bits per heavy atom. The maximum absolute atomic E-state index is 14.3. The fraction of sp³-hybridized carbons (Fsp3) is 0.500. The Labute approximate surface area is 121 Å². The van der Waals surface area contributed by atoms with Crippen LogP contribution in [0.15, 0.2) is 16.6 Å². The van der Waals surface area contributed by atoms with Crippen LogP contribution in [0, 0.1) is 23.1 Å². The minimum atomic E-state index is -0.342. The zero-order valence-electron chi connectivity index (χ0n) is 11.3. The van der Waals surface area contributed by atoms with Crippen LogP contribution < -0.4 is 4.90 Å². The third-order valence-corrected chi connectivity index (χ3v) is 4.53. The molecule has 0 aliphatic carbocycles. The van der Waals surface area contributed by atoms with Gasteiger partial charge in [-0.1, -0.05) is 6.92 Å². The summed E-state index contributed by atoms with van der Waals surface area (Å²) >= 11 is 3.16. The fourth-order valence-corrected chi connectivity index (χ4v) is 3.11. The second-order valence-electron chi connectivity index (χ2n) is 5.29. The summed E-state index contributed by atoms with van der Waals surface area (Å²) in [5.41, 5.74) is 0.903. The Balaban J connectivity index is 2.30. The van der Waals surface area contributed by atoms with E-state index in [1.54, 1.807) is 12.1 Å². The molecule has 1 aromatic carbocycles. The Kier molecular flexibility index (Phi) is 4.12. The Morgan fingerprint density at radius 2 is 2.11 bits per heavy atom. The van der Waals surface area contributed by atoms with Crippen molar-refractivity contribution in [1.82, 2.24) is 4.90 Å². The standard InChI is InChI=1S/C14H17BrFN3/c1-9-7-19(8-12(9)18(2)3)11-5-4-10(6-17)13(15)14(11)16/h4-5,9,12H,7-8H2,1-3H3. The molecule has 0 amide bonds. The number of benzene rings is 1. The van der Waals surface area contributed by atoms with Crippen molar-refractivity contribution < 1.29 is 4.39 Å². The van der Waals surface area contributed by atoms with E-state index < -0.39 is 0 Å². The number of nitrogens with zero attached hydrogens (tertiary/aromatic N) is 3. The van der Waals surface area contributed by atoms with Gasteiger partial charge in [0, 0.05) is 19.1 Å². The van der Waals surface area contributed by atoms with Gasteiger partial charge in [0.05, 0.1) is 15.7 Å². The number of halogens is 2. The molecule has 1 aliphatic heterocycles. The summed E-state index contributed by atoms with van der Waals surface area (Å²) in [5.74, 6) is 0.148. The molecule has 3 nitrogen and oxygen atoms in total. The van der Waals surface area contributed by atoms with E-state index in [0.717, 1.165) is 13.1 Å². The molecule has 5 heteroatoms. The summed E-state index contributed by atoms with van der Waals surface area (Å²) in [6.45, 7) is 3.82. The SMILES string of the molecule is CC1CN(c2ccc(C#N)c(Br)c2F)CC1N(C)C. The normalized spacial score (nSPS) is 22.9. The van der Waals surface area contributed by atoms with E-state index in [4.69, 9.17) is 5.26 Å². The molecule has 1 aliphatic rings. The van der Waals surface area contributed by atoms with Crippen LogP contribution in [0.4, 0.5) is 10.1 Å². The number of rotatable bonds is 2. The van der Waals surface area contributed by atoms with Gasteiger partial charge in [-0.15, -0.1) is 0 Å². The van der Waals surface area contributed by atoms with Crippen molar-refractivity contribution >= 4 is 21.6 Å². The average molecular weight is 326 g/mol. The molecular weight excluding hydrogens is 309 g/mol. The van der Waals surface area contributed by atoms with Gasteiger partial charge in [-0.2, -0.15) is 5.26 Å². The van der Waals surface area contributed by atoms with Crippen molar-refractivity contribution in [2.24, 2.45) is 5.92 Å². The topological polar surface area (TPSA) is 30.3 Å². The smallest absolute Gasteiger partial charge is 0.161 e. The van der Waals surface area contributed by atoms with E-state index in [0.29, 0.717) is 23.2 Å². The molecule has 0 saturated carbocycles. The maximum Gasteiger partial charge on any atom is 0.161 e. The molecule has 0 radical (unpaired) electrons.